The highest BCUT2D eigenvalue weighted by Crippen LogP contribution is 2.29. The molecular weight excluding hydrogens is 352 g/mol. The third kappa shape index (κ3) is 3.77. The van der Waals surface area contributed by atoms with Gasteiger partial charge in [0.1, 0.15) is 0 Å². The number of hydrogen-bond donors (Lipinski definition) is 2. The molecule has 0 fully saturated rings. The van der Waals surface area contributed by atoms with E-state index in [0.29, 0.717) is 17.1 Å². The van der Waals surface area contributed by atoms with Crippen molar-refractivity contribution in [1.29, 1.82) is 0 Å². The van der Waals surface area contributed by atoms with Gasteiger partial charge in [-0.05, 0) is 64.7 Å². The third-order valence-corrected chi connectivity index (χ3v) is 4.20. The summed E-state index contributed by atoms with van der Waals surface area (Å²) in [6.45, 7) is 4.68. The van der Waals surface area contributed by atoms with E-state index in [2.05, 4.69) is 47.2 Å². The van der Waals surface area contributed by atoms with Crippen LogP contribution in [-0.4, -0.2) is 5.91 Å². The van der Waals surface area contributed by atoms with Crippen LogP contribution < -0.4 is 11.1 Å². The van der Waals surface area contributed by atoms with Gasteiger partial charge in [0.2, 0.25) is 5.91 Å². The summed E-state index contributed by atoms with van der Waals surface area (Å²) in [4.78, 5) is 11.1. The van der Waals surface area contributed by atoms with Gasteiger partial charge in [-0.3, -0.25) is 4.79 Å². The van der Waals surface area contributed by atoms with Crippen LogP contribution in [0.4, 0.5) is 5.69 Å². The largest absolute Gasteiger partial charge is 0.380 e. The van der Waals surface area contributed by atoms with Crippen LogP contribution in [0, 0.1) is 13.8 Å². The van der Waals surface area contributed by atoms with Crippen LogP contribution in [0.3, 0.4) is 0 Å². The Balaban J connectivity index is 2.19. The zero-order valence-electron chi connectivity index (χ0n) is 11.8. The maximum Gasteiger partial charge on any atom is 0.248 e. The molecule has 2 aromatic rings. The number of nitrogens with two attached hydrogens (primary N) is 1. The highest BCUT2D eigenvalue weighted by atomic mass is 79.9. The molecule has 0 aromatic heterocycles. The number of benzene rings is 2. The Morgan fingerprint density at radius 2 is 2.00 bits per heavy atom. The number of carbonyl (C=O) groups excluding carboxylic acids is 1. The van der Waals surface area contributed by atoms with Crippen molar-refractivity contribution in [3.05, 3.63) is 62.1 Å². The Morgan fingerprint density at radius 3 is 2.57 bits per heavy atom. The summed E-state index contributed by atoms with van der Waals surface area (Å²) in [7, 11) is 0. The monoisotopic (exact) mass is 366 g/mol. The van der Waals surface area contributed by atoms with Gasteiger partial charge in [-0.2, -0.15) is 0 Å². The SMILES string of the molecule is Cc1cc(C)c(NCc2ccc(C(N)=O)cc2Cl)c(Br)c1. The zero-order chi connectivity index (χ0) is 15.6. The van der Waals surface area contributed by atoms with Gasteiger partial charge in [0.05, 0.1) is 5.69 Å². The van der Waals surface area contributed by atoms with Gasteiger partial charge < -0.3 is 11.1 Å². The minimum Gasteiger partial charge on any atom is -0.380 e. The van der Waals surface area contributed by atoms with E-state index < -0.39 is 5.91 Å². The van der Waals surface area contributed by atoms with Crippen molar-refractivity contribution in [2.45, 2.75) is 20.4 Å². The zero-order valence-corrected chi connectivity index (χ0v) is 14.2. The molecule has 3 nitrogen and oxygen atoms in total. The van der Waals surface area contributed by atoms with E-state index in [9.17, 15) is 4.79 Å². The summed E-state index contributed by atoms with van der Waals surface area (Å²) in [6, 6.07) is 9.27. The third-order valence-electron chi connectivity index (χ3n) is 3.22. The first-order valence-electron chi connectivity index (χ1n) is 6.47. The van der Waals surface area contributed by atoms with Gasteiger partial charge in [0, 0.05) is 21.6 Å². The van der Waals surface area contributed by atoms with E-state index in [1.807, 2.05) is 6.07 Å². The molecule has 2 rings (SSSR count). The molecule has 21 heavy (non-hydrogen) atoms. The molecule has 5 heteroatoms. The molecule has 0 heterocycles. The lowest BCUT2D eigenvalue weighted by Crippen LogP contribution is -2.11. The maximum absolute atomic E-state index is 11.1. The maximum atomic E-state index is 11.1. The van der Waals surface area contributed by atoms with Crippen LogP contribution in [-0.2, 0) is 6.54 Å². The number of nitrogens with one attached hydrogen (secondary N) is 1. The van der Waals surface area contributed by atoms with E-state index in [0.717, 1.165) is 21.3 Å². The normalized spacial score (nSPS) is 10.5. The molecule has 0 aliphatic carbocycles. The van der Waals surface area contributed by atoms with Crippen molar-refractivity contribution >= 4 is 39.1 Å². The Morgan fingerprint density at radius 1 is 1.29 bits per heavy atom. The van der Waals surface area contributed by atoms with Crippen LogP contribution in [0.2, 0.25) is 5.02 Å². The van der Waals surface area contributed by atoms with Crippen molar-refractivity contribution in [2.24, 2.45) is 5.73 Å². The van der Waals surface area contributed by atoms with E-state index in [-0.39, 0.29) is 0 Å². The Kier molecular flexibility index (Phi) is 4.91. The van der Waals surface area contributed by atoms with Gasteiger partial charge in [-0.15, -0.1) is 0 Å². The number of primary amides is 1. The molecule has 110 valence electrons. The summed E-state index contributed by atoms with van der Waals surface area (Å²) in [5, 5.41) is 3.89. The molecule has 0 spiro atoms. The number of amides is 1. The van der Waals surface area contributed by atoms with Gasteiger partial charge in [-0.25, -0.2) is 0 Å². The molecule has 0 aliphatic rings. The summed E-state index contributed by atoms with van der Waals surface area (Å²) in [6.07, 6.45) is 0. The smallest absolute Gasteiger partial charge is 0.248 e. The molecular formula is C16H16BrClN2O. The summed E-state index contributed by atoms with van der Waals surface area (Å²) < 4.78 is 1.02. The summed E-state index contributed by atoms with van der Waals surface area (Å²) in [5.74, 6) is -0.478. The van der Waals surface area contributed by atoms with Crippen LogP contribution >= 0.6 is 27.5 Å². The quantitative estimate of drug-likeness (QED) is 0.840. The predicted molar refractivity (Wildman–Crippen MR) is 90.9 cm³/mol. The highest BCUT2D eigenvalue weighted by Gasteiger charge is 2.08. The number of halogens is 2. The predicted octanol–water partition coefficient (Wildman–Crippen LogP) is 4.43. The van der Waals surface area contributed by atoms with Crippen LogP contribution in [0.15, 0.2) is 34.8 Å². The molecule has 3 N–H and O–H groups in total. The average molecular weight is 368 g/mol. The molecule has 0 aliphatic heterocycles. The van der Waals surface area contributed by atoms with Gasteiger partial charge in [0.25, 0.3) is 0 Å². The fourth-order valence-corrected chi connectivity index (χ4v) is 3.23. The molecule has 0 unspecified atom stereocenters. The van der Waals surface area contributed by atoms with Gasteiger partial charge in [0.15, 0.2) is 0 Å². The second-order valence-electron chi connectivity index (χ2n) is 4.96. The molecule has 0 saturated carbocycles. The summed E-state index contributed by atoms with van der Waals surface area (Å²) in [5.41, 5.74) is 9.96. The topological polar surface area (TPSA) is 55.1 Å². The van der Waals surface area contributed by atoms with E-state index in [1.54, 1.807) is 12.1 Å². The molecule has 0 radical (unpaired) electrons. The van der Waals surface area contributed by atoms with Crippen molar-refractivity contribution in [1.82, 2.24) is 0 Å². The fraction of sp³-hybridized carbons (Fsp3) is 0.188. The van der Waals surface area contributed by atoms with E-state index in [1.165, 1.54) is 5.56 Å². The van der Waals surface area contributed by atoms with Crippen LogP contribution in [0.1, 0.15) is 27.0 Å². The van der Waals surface area contributed by atoms with Crippen LogP contribution in [0.25, 0.3) is 0 Å². The fourth-order valence-electron chi connectivity index (χ4n) is 2.17. The number of anilines is 1. The second-order valence-corrected chi connectivity index (χ2v) is 6.22. The van der Waals surface area contributed by atoms with Crippen LogP contribution in [0.5, 0.6) is 0 Å². The first-order chi connectivity index (χ1) is 9.88. The molecule has 2 aromatic carbocycles. The first-order valence-corrected chi connectivity index (χ1v) is 7.64. The molecule has 0 saturated heterocycles. The number of carbonyl (C=O) groups is 1. The molecule has 0 atom stereocenters. The second kappa shape index (κ2) is 6.50. The highest BCUT2D eigenvalue weighted by molar-refractivity contribution is 9.10. The standard InChI is InChI=1S/C16H16BrClN2O/c1-9-5-10(2)15(13(17)6-9)20-8-12-4-3-11(16(19)21)7-14(12)18/h3-7,20H,8H2,1-2H3,(H2,19,21). The molecule has 0 bridgehead atoms. The van der Waals surface area contributed by atoms with Crippen molar-refractivity contribution in [3.63, 3.8) is 0 Å². The number of hydrogen-bond acceptors (Lipinski definition) is 2. The number of rotatable bonds is 4. The number of aryl methyl sites for hydroxylation is 2. The Labute approximate surface area is 137 Å². The minimum atomic E-state index is -0.478. The Bertz CT molecular complexity index is 678. The lowest BCUT2D eigenvalue weighted by atomic mass is 10.1. The van der Waals surface area contributed by atoms with Gasteiger partial charge >= 0.3 is 0 Å². The first kappa shape index (κ1) is 15.9. The van der Waals surface area contributed by atoms with Crippen molar-refractivity contribution < 1.29 is 4.79 Å². The minimum absolute atomic E-state index is 0.413. The average Bonchev–Trinajstić information content (AvgIpc) is 2.38. The van der Waals surface area contributed by atoms with E-state index in [4.69, 9.17) is 17.3 Å². The Hall–Kier alpha value is -1.52. The van der Waals surface area contributed by atoms with Gasteiger partial charge in [-0.1, -0.05) is 23.7 Å². The summed E-state index contributed by atoms with van der Waals surface area (Å²) >= 11 is 9.75. The van der Waals surface area contributed by atoms with E-state index >= 15 is 0 Å². The lowest BCUT2D eigenvalue weighted by molar-refractivity contribution is 0.100. The molecule has 1 amide bonds. The lowest BCUT2D eigenvalue weighted by Gasteiger charge is -2.14. The van der Waals surface area contributed by atoms with Crippen molar-refractivity contribution in [2.75, 3.05) is 5.32 Å². The van der Waals surface area contributed by atoms with Crippen molar-refractivity contribution in [3.8, 4) is 0 Å².